The van der Waals surface area contributed by atoms with Gasteiger partial charge in [0.25, 0.3) is 0 Å². The minimum absolute atomic E-state index is 0.446. The van der Waals surface area contributed by atoms with Crippen molar-refractivity contribution in [2.45, 2.75) is 32.4 Å². The van der Waals surface area contributed by atoms with Crippen molar-refractivity contribution in [3.05, 3.63) is 12.3 Å². The summed E-state index contributed by atoms with van der Waals surface area (Å²) in [6.45, 7) is 10.7. The Hall–Kier alpha value is -0.500. The molecule has 2 unspecified atom stereocenters. The lowest BCUT2D eigenvalue weighted by atomic mass is 10.1. The van der Waals surface area contributed by atoms with Crippen molar-refractivity contribution >= 4 is 0 Å². The molecule has 2 aliphatic rings. The summed E-state index contributed by atoms with van der Waals surface area (Å²) in [5.41, 5.74) is 0. The van der Waals surface area contributed by atoms with Crippen LogP contribution in [0.15, 0.2) is 12.3 Å². The molecule has 0 aliphatic carbocycles. The second-order valence-electron chi connectivity index (χ2n) is 4.31. The number of ether oxygens (including phenoxy) is 1. The van der Waals surface area contributed by atoms with Crippen LogP contribution >= 0.6 is 0 Å². The molecule has 2 nitrogen and oxygen atoms in total. The molecule has 2 atom stereocenters. The van der Waals surface area contributed by atoms with E-state index in [9.17, 15) is 0 Å². The van der Waals surface area contributed by atoms with Gasteiger partial charge in [0.05, 0.1) is 6.04 Å². The van der Waals surface area contributed by atoms with Crippen LogP contribution in [0.1, 0.15) is 20.3 Å². The van der Waals surface area contributed by atoms with Gasteiger partial charge in [-0.15, -0.1) is 0 Å². The summed E-state index contributed by atoms with van der Waals surface area (Å²) in [5, 5.41) is 0. The Bertz CT molecular complexity index is 200. The molecular formula is C10H17NO. The topological polar surface area (TPSA) is 12.5 Å². The smallest absolute Gasteiger partial charge is 0.113 e. The highest BCUT2D eigenvalue weighted by Gasteiger charge is 2.42. The second kappa shape index (κ2) is 2.77. The molecule has 0 spiro atoms. The Morgan fingerprint density at radius 2 is 2.42 bits per heavy atom. The standard InChI is InChI=1S/C10H17NO/c1-7(2)5-11-6-9-4-10(11)8(3)12-9/h7,9-10H,3-6H2,1-2H3. The SMILES string of the molecule is C=C1OC2CC1N(CC(C)C)C2. The van der Waals surface area contributed by atoms with E-state index in [2.05, 4.69) is 25.3 Å². The molecule has 0 amide bonds. The van der Waals surface area contributed by atoms with Gasteiger partial charge in [-0.2, -0.15) is 0 Å². The van der Waals surface area contributed by atoms with Crippen molar-refractivity contribution in [2.24, 2.45) is 5.92 Å². The molecule has 2 rings (SSSR count). The van der Waals surface area contributed by atoms with E-state index >= 15 is 0 Å². The molecule has 2 heteroatoms. The van der Waals surface area contributed by atoms with Crippen molar-refractivity contribution in [1.29, 1.82) is 0 Å². The van der Waals surface area contributed by atoms with E-state index in [1.807, 2.05) is 0 Å². The first kappa shape index (κ1) is 8.11. The average Bonchev–Trinajstić information content (AvgIpc) is 2.43. The maximum Gasteiger partial charge on any atom is 0.113 e. The van der Waals surface area contributed by atoms with E-state index in [1.165, 1.54) is 13.0 Å². The van der Waals surface area contributed by atoms with Gasteiger partial charge in [0.15, 0.2) is 0 Å². The van der Waals surface area contributed by atoms with E-state index in [-0.39, 0.29) is 0 Å². The lowest BCUT2D eigenvalue weighted by Gasteiger charge is -2.29. The predicted molar refractivity (Wildman–Crippen MR) is 48.8 cm³/mol. The van der Waals surface area contributed by atoms with E-state index in [0.29, 0.717) is 12.1 Å². The fraction of sp³-hybridized carbons (Fsp3) is 0.800. The number of hydrogen-bond donors (Lipinski definition) is 0. The van der Waals surface area contributed by atoms with Crippen molar-refractivity contribution in [3.63, 3.8) is 0 Å². The number of nitrogens with zero attached hydrogens (tertiary/aromatic N) is 1. The molecule has 68 valence electrons. The average molecular weight is 167 g/mol. The quantitative estimate of drug-likeness (QED) is 0.619. The van der Waals surface area contributed by atoms with Crippen molar-refractivity contribution < 1.29 is 4.74 Å². The normalized spacial score (nSPS) is 34.8. The molecule has 2 bridgehead atoms. The molecule has 0 aromatic heterocycles. The molecule has 2 heterocycles. The first-order chi connectivity index (χ1) is 5.66. The van der Waals surface area contributed by atoms with Crippen LogP contribution in [0.3, 0.4) is 0 Å². The van der Waals surface area contributed by atoms with Gasteiger partial charge in [-0.1, -0.05) is 20.4 Å². The largest absolute Gasteiger partial charge is 0.492 e. The zero-order chi connectivity index (χ0) is 8.72. The molecule has 2 aliphatic heterocycles. The number of rotatable bonds is 2. The van der Waals surface area contributed by atoms with Crippen molar-refractivity contribution in [3.8, 4) is 0 Å². The molecule has 2 saturated heterocycles. The second-order valence-corrected chi connectivity index (χ2v) is 4.31. The summed E-state index contributed by atoms with van der Waals surface area (Å²) in [6, 6.07) is 0.525. The van der Waals surface area contributed by atoms with Gasteiger partial charge in [-0.05, 0) is 5.92 Å². The molecule has 2 fully saturated rings. The highest BCUT2D eigenvalue weighted by Crippen LogP contribution is 2.34. The monoisotopic (exact) mass is 167 g/mol. The van der Waals surface area contributed by atoms with Crippen LogP contribution in [0.5, 0.6) is 0 Å². The van der Waals surface area contributed by atoms with E-state index in [1.54, 1.807) is 0 Å². The Balaban J connectivity index is 1.98. The minimum Gasteiger partial charge on any atom is -0.492 e. The van der Waals surface area contributed by atoms with E-state index < -0.39 is 0 Å². The van der Waals surface area contributed by atoms with Gasteiger partial charge < -0.3 is 4.74 Å². The Morgan fingerprint density at radius 3 is 2.92 bits per heavy atom. The van der Waals surface area contributed by atoms with E-state index in [0.717, 1.165) is 18.2 Å². The Morgan fingerprint density at radius 1 is 1.67 bits per heavy atom. The number of likely N-dealkylation sites (tertiary alicyclic amines) is 1. The fourth-order valence-electron chi connectivity index (χ4n) is 2.25. The summed E-state index contributed by atoms with van der Waals surface area (Å²) in [5.74, 6) is 1.74. The summed E-state index contributed by atoms with van der Waals surface area (Å²) < 4.78 is 5.54. The lowest BCUT2D eigenvalue weighted by molar-refractivity contribution is 0.0799. The Kier molecular flexibility index (Phi) is 1.87. The molecule has 12 heavy (non-hydrogen) atoms. The number of morpholine rings is 1. The summed E-state index contributed by atoms with van der Waals surface area (Å²) in [6.07, 6.45) is 1.62. The zero-order valence-corrected chi connectivity index (χ0v) is 7.92. The first-order valence-corrected chi connectivity index (χ1v) is 4.76. The summed E-state index contributed by atoms with van der Waals surface area (Å²) >= 11 is 0. The maximum atomic E-state index is 5.54. The third-order valence-corrected chi connectivity index (χ3v) is 2.65. The van der Waals surface area contributed by atoms with Crippen LogP contribution in [0.25, 0.3) is 0 Å². The van der Waals surface area contributed by atoms with E-state index in [4.69, 9.17) is 4.74 Å². The highest BCUT2D eigenvalue weighted by molar-refractivity contribution is 5.11. The lowest BCUT2D eigenvalue weighted by Crippen LogP contribution is -2.37. The van der Waals surface area contributed by atoms with Gasteiger partial charge in [-0.3, -0.25) is 4.90 Å². The molecule has 0 saturated carbocycles. The zero-order valence-electron chi connectivity index (χ0n) is 7.92. The van der Waals surface area contributed by atoms with Crippen LogP contribution < -0.4 is 0 Å². The fourth-order valence-corrected chi connectivity index (χ4v) is 2.25. The first-order valence-electron chi connectivity index (χ1n) is 4.76. The van der Waals surface area contributed by atoms with Crippen molar-refractivity contribution in [2.75, 3.05) is 13.1 Å². The minimum atomic E-state index is 0.446. The Labute approximate surface area is 74.2 Å². The highest BCUT2D eigenvalue weighted by atomic mass is 16.5. The third-order valence-electron chi connectivity index (χ3n) is 2.65. The molecular weight excluding hydrogens is 150 g/mol. The molecule has 0 N–H and O–H groups in total. The number of fused-ring (bicyclic) bond motifs is 2. The predicted octanol–water partition coefficient (Wildman–Crippen LogP) is 1.63. The van der Waals surface area contributed by atoms with Gasteiger partial charge in [0.2, 0.25) is 0 Å². The van der Waals surface area contributed by atoms with Crippen LogP contribution in [0.4, 0.5) is 0 Å². The van der Waals surface area contributed by atoms with Gasteiger partial charge in [0, 0.05) is 19.5 Å². The summed E-state index contributed by atoms with van der Waals surface area (Å²) in [4.78, 5) is 2.50. The van der Waals surface area contributed by atoms with Crippen LogP contribution in [0.2, 0.25) is 0 Å². The summed E-state index contributed by atoms with van der Waals surface area (Å²) in [7, 11) is 0. The molecule has 0 aromatic carbocycles. The van der Waals surface area contributed by atoms with Crippen LogP contribution in [0, 0.1) is 5.92 Å². The van der Waals surface area contributed by atoms with Crippen molar-refractivity contribution in [1.82, 2.24) is 4.90 Å². The third kappa shape index (κ3) is 1.24. The maximum absolute atomic E-state index is 5.54. The molecule has 0 radical (unpaired) electrons. The van der Waals surface area contributed by atoms with Crippen LogP contribution in [-0.2, 0) is 4.74 Å². The van der Waals surface area contributed by atoms with Crippen LogP contribution in [-0.4, -0.2) is 30.1 Å². The van der Waals surface area contributed by atoms with Gasteiger partial charge in [-0.25, -0.2) is 0 Å². The van der Waals surface area contributed by atoms with Gasteiger partial charge >= 0.3 is 0 Å². The van der Waals surface area contributed by atoms with Gasteiger partial charge in [0.1, 0.15) is 11.9 Å². The number of hydrogen-bond acceptors (Lipinski definition) is 2. The molecule has 0 aromatic rings.